The van der Waals surface area contributed by atoms with Crippen LogP contribution in [0.4, 0.5) is 0 Å². The van der Waals surface area contributed by atoms with E-state index in [1.807, 2.05) is 12.1 Å². The predicted octanol–water partition coefficient (Wildman–Crippen LogP) is 4.31. The van der Waals surface area contributed by atoms with E-state index in [2.05, 4.69) is 4.98 Å². The lowest BCUT2D eigenvalue weighted by atomic mass is 10.2. The van der Waals surface area contributed by atoms with Crippen LogP contribution in [0.3, 0.4) is 0 Å². The van der Waals surface area contributed by atoms with E-state index in [1.165, 1.54) is 17.5 Å². The van der Waals surface area contributed by atoms with Crippen LogP contribution in [0.15, 0.2) is 65.8 Å². The van der Waals surface area contributed by atoms with Gasteiger partial charge in [0.1, 0.15) is 16.7 Å². The monoisotopic (exact) mass is 518 g/mol. The van der Waals surface area contributed by atoms with Gasteiger partial charge in [0.05, 0.1) is 27.4 Å². The molecule has 35 heavy (non-hydrogen) atoms. The van der Waals surface area contributed by atoms with Crippen molar-refractivity contribution in [2.75, 3.05) is 27.4 Å². The molecular formula is C25H27ClN2O6S. The van der Waals surface area contributed by atoms with Crippen LogP contribution in [0.1, 0.15) is 17.5 Å². The van der Waals surface area contributed by atoms with Crippen molar-refractivity contribution in [3.05, 3.63) is 77.1 Å². The summed E-state index contributed by atoms with van der Waals surface area (Å²) in [6.45, 7) is 1.38. The maximum absolute atomic E-state index is 13.8. The highest BCUT2D eigenvalue weighted by Crippen LogP contribution is 2.34. The van der Waals surface area contributed by atoms with Gasteiger partial charge in [0.25, 0.3) is 0 Å². The van der Waals surface area contributed by atoms with Crippen molar-refractivity contribution in [1.29, 1.82) is 0 Å². The molecule has 0 spiro atoms. The summed E-state index contributed by atoms with van der Waals surface area (Å²) in [7, 11) is -1.03. The molecule has 1 aliphatic rings. The van der Waals surface area contributed by atoms with E-state index in [9.17, 15) is 8.42 Å². The molecule has 4 rings (SSSR count). The molecule has 0 aliphatic carbocycles. The van der Waals surface area contributed by atoms with E-state index in [4.69, 9.17) is 30.5 Å². The molecule has 0 bridgehead atoms. The van der Waals surface area contributed by atoms with Crippen LogP contribution in [0, 0.1) is 0 Å². The number of aromatic nitrogens is 1. The van der Waals surface area contributed by atoms with Gasteiger partial charge < -0.3 is 18.9 Å². The van der Waals surface area contributed by atoms with E-state index in [0.717, 1.165) is 17.5 Å². The molecule has 0 radical (unpaired) electrons. The largest absolute Gasteiger partial charge is 0.495 e. The number of hydrogen-bond acceptors (Lipinski definition) is 7. The van der Waals surface area contributed by atoms with Crippen LogP contribution in [0.25, 0.3) is 0 Å². The zero-order chi connectivity index (χ0) is 24.8. The van der Waals surface area contributed by atoms with Crippen molar-refractivity contribution in [2.24, 2.45) is 0 Å². The lowest BCUT2D eigenvalue weighted by Gasteiger charge is -2.24. The van der Waals surface area contributed by atoms with Gasteiger partial charge in [-0.3, -0.25) is 4.98 Å². The van der Waals surface area contributed by atoms with Gasteiger partial charge in [-0.2, -0.15) is 4.31 Å². The van der Waals surface area contributed by atoms with Gasteiger partial charge in [-0.15, -0.1) is 0 Å². The molecule has 1 unspecified atom stereocenters. The van der Waals surface area contributed by atoms with Crippen molar-refractivity contribution in [2.45, 2.75) is 30.5 Å². The summed E-state index contributed by atoms with van der Waals surface area (Å²) in [4.78, 5) is 4.11. The van der Waals surface area contributed by atoms with Crippen LogP contribution >= 0.6 is 11.6 Å². The first-order valence-electron chi connectivity index (χ1n) is 11.0. The minimum atomic E-state index is -4.00. The van der Waals surface area contributed by atoms with Crippen LogP contribution in [-0.2, 0) is 27.8 Å². The molecule has 0 N–H and O–H groups in total. The Hall–Kier alpha value is -2.85. The molecule has 1 atom stereocenters. The third kappa shape index (κ3) is 6.05. The molecule has 2 heterocycles. The molecule has 2 aromatic carbocycles. The lowest BCUT2D eigenvalue weighted by molar-refractivity contribution is 0.138. The number of benzene rings is 2. The van der Waals surface area contributed by atoms with Crippen LogP contribution < -0.4 is 14.2 Å². The maximum atomic E-state index is 13.8. The number of ether oxygens (including phenoxy) is 4. The van der Waals surface area contributed by atoms with Crippen LogP contribution in [-0.4, -0.2) is 51.2 Å². The van der Waals surface area contributed by atoms with E-state index >= 15 is 0 Å². The Kier molecular flexibility index (Phi) is 8.12. The Balaban J connectivity index is 1.68. The summed E-state index contributed by atoms with van der Waals surface area (Å²) in [6, 6.07) is 13.5. The Morgan fingerprint density at radius 2 is 1.80 bits per heavy atom. The number of rotatable bonds is 10. The van der Waals surface area contributed by atoms with Crippen molar-refractivity contribution >= 4 is 21.6 Å². The highest BCUT2D eigenvalue weighted by molar-refractivity contribution is 7.89. The number of hydrogen-bond donors (Lipinski definition) is 0. The Morgan fingerprint density at radius 1 is 1.03 bits per heavy atom. The van der Waals surface area contributed by atoms with Crippen LogP contribution in [0.2, 0.25) is 5.02 Å². The minimum absolute atomic E-state index is 0.00968. The van der Waals surface area contributed by atoms with Gasteiger partial charge in [0, 0.05) is 36.9 Å². The van der Waals surface area contributed by atoms with E-state index in [1.54, 1.807) is 49.8 Å². The predicted molar refractivity (Wildman–Crippen MR) is 132 cm³/mol. The first kappa shape index (κ1) is 25.2. The second kappa shape index (κ2) is 11.3. The molecule has 8 nitrogen and oxygen atoms in total. The number of methoxy groups -OCH3 is 2. The molecule has 1 aromatic heterocycles. The average Bonchev–Trinajstić information content (AvgIpc) is 3.38. The zero-order valence-electron chi connectivity index (χ0n) is 19.5. The second-order valence-electron chi connectivity index (χ2n) is 8.02. The van der Waals surface area contributed by atoms with Gasteiger partial charge in [-0.05, 0) is 47.5 Å². The standard InChI is InChI=1S/C25H27ClN2O6S/c1-31-23-8-6-20(26)13-25(23)35(29,30)28(16-19-4-3-10-27-14-19)15-18-5-7-22(24(12-18)32-2)34-21-9-11-33-17-21/h3-8,10,12-14,21H,9,11,15-17H2,1-2H3. The molecular weight excluding hydrogens is 492 g/mol. The summed E-state index contributed by atoms with van der Waals surface area (Å²) >= 11 is 6.14. The third-order valence-corrected chi connectivity index (χ3v) is 7.64. The SMILES string of the molecule is COc1cc(CN(Cc2cccnc2)S(=O)(=O)c2cc(Cl)ccc2OC)ccc1OC1CCOC1. The van der Waals surface area contributed by atoms with E-state index < -0.39 is 10.0 Å². The maximum Gasteiger partial charge on any atom is 0.247 e. The first-order chi connectivity index (χ1) is 16.9. The summed E-state index contributed by atoms with van der Waals surface area (Å²) in [5.41, 5.74) is 1.47. The quantitative estimate of drug-likeness (QED) is 0.395. The summed E-state index contributed by atoms with van der Waals surface area (Å²) in [6.07, 6.45) is 4.05. The highest BCUT2D eigenvalue weighted by atomic mass is 35.5. The number of nitrogens with zero attached hydrogens (tertiary/aromatic N) is 2. The normalized spacial score (nSPS) is 15.8. The molecule has 0 amide bonds. The van der Waals surface area contributed by atoms with Crippen molar-refractivity contribution in [3.8, 4) is 17.2 Å². The average molecular weight is 519 g/mol. The number of sulfonamides is 1. The van der Waals surface area contributed by atoms with Crippen molar-refractivity contribution in [3.63, 3.8) is 0 Å². The Labute approximate surface area is 210 Å². The summed E-state index contributed by atoms with van der Waals surface area (Å²) in [5.74, 6) is 1.32. The van der Waals surface area contributed by atoms with Gasteiger partial charge in [0.2, 0.25) is 10.0 Å². The second-order valence-corrected chi connectivity index (χ2v) is 10.4. The molecule has 1 aliphatic heterocycles. The fourth-order valence-corrected chi connectivity index (χ4v) is 5.64. The molecule has 3 aromatic rings. The summed E-state index contributed by atoms with van der Waals surface area (Å²) < 4.78 is 51.3. The fourth-order valence-electron chi connectivity index (χ4n) is 3.81. The van der Waals surface area contributed by atoms with Gasteiger partial charge in [-0.25, -0.2) is 8.42 Å². The summed E-state index contributed by atoms with van der Waals surface area (Å²) in [5, 5.41) is 0.296. The van der Waals surface area contributed by atoms with Crippen LogP contribution in [0.5, 0.6) is 17.2 Å². The molecule has 0 saturated carbocycles. The van der Waals surface area contributed by atoms with Gasteiger partial charge in [0.15, 0.2) is 11.5 Å². The Bertz CT molecular complexity index is 1250. The lowest BCUT2D eigenvalue weighted by Crippen LogP contribution is -2.30. The molecule has 1 fully saturated rings. The molecule has 10 heteroatoms. The minimum Gasteiger partial charge on any atom is -0.495 e. The number of pyridine rings is 1. The van der Waals surface area contributed by atoms with Crippen molar-refractivity contribution in [1.82, 2.24) is 9.29 Å². The Morgan fingerprint density at radius 3 is 2.49 bits per heavy atom. The highest BCUT2D eigenvalue weighted by Gasteiger charge is 2.29. The topological polar surface area (TPSA) is 87.2 Å². The smallest absolute Gasteiger partial charge is 0.247 e. The first-order valence-corrected chi connectivity index (χ1v) is 12.9. The fraction of sp³-hybridized carbons (Fsp3) is 0.320. The zero-order valence-corrected chi connectivity index (χ0v) is 21.1. The van der Waals surface area contributed by atoms with Gasteiger partial charge >= 0.3 is 0 Å². The van der Waals surface area contributed by atoms with Gasteiger partial charge in [-0.1, -0.05) is 23.7 Å². The van der Waals surface area contributed by atoms with E-state index in [-0.39, 0.29) is 29.8 Å². The molecule has 1 saturated heterocycles. The third-order valence-electron chi connectivity index (χ3n) is 5.59. The molecule has 186 valence electrons. The van der Waals surface area contributed by atoms with Crippen molar-refractivity contribution < 1.29 is 27.4 Å². The number of halogens is 1. The van der Waals surface area contributed by atoms with E-state index in [0.29, 0.717) is 29.7 Å².